The minimum atomic E-state index is -0.302. The molecule has 1 aromatic heterocycles. The number of furan rings is 1. The second-order valence-electron chi connectivity index (χ2n) is 14.2. The average Bonchev–Trinajstić information content (AvgIpc) is 3.64. The van der Waals surface area contributed by atoms with E-state index in [1.807, 2.05) is 6.07 Å². The summed E-state index contributed by atoms with van der Waals surface area (Å²) in [5.41, 5.74) is 9.50. The predicted octanol–water partition coefficient (Wildman–Crippen LogP) is 12.9. The smallest absolute Gasteiger partial charge is 0.160 e. The lowest BCUT2D eigenvalue weighted by Crippen LogP contribution is -2.33. The molecule has 0 saturated heterocycles. The molecule has 0 spiro atoms. The summed E-state index contributed by atoms with van der Waals surface area (Å²) < 4.78 is 6.40. The third kappa shape index (κ3) is 5.38. The molecule has 1 N–H and O–H groups in total. The van der Waals surface area contributed by atoms with Crippen LogP contribution in [0.2, 0.25) is 0 Å². The second-order valence-corrected chi connectivity index (χ2v) is 14.2. The van der Waals surface area contributed by atoms with Gasteiger partial charge in [0.15, 0.2) is 5.84 Å². The SMILES string of the molecule is c1ccc(-c2ccc3oc4cccc(-c5ccc6ccc(C7=NC(c8cc9ccccc9c9ccccc89)=NC(c8ccccc8)N7)cc6c5)c4c3c2)cc1. The summed E-state index contributed by atoms with van der Waals surface area (Å²) in [6, 6.07) is 66.4. The predicted molar refractivity (Wildman–Crippen MR) is 229 cm³/mol. The Kier molecular flexibility index (Phi) is 7.20. The van der Waals surface area contributed by atoms with Crippen molar-refractivity contribution in [2.75, 3.05) is 0 Å². The fraction of sp³-hybridized carbons (Fsp3) is 0.0196. The van der Waals surface area contributed by atoms with Gasteiger partial charge in [0.25, 0.3) is 0 Å². The summed E-state index contributed by atoms with van der Waals surface area (Å²) in [4.78, 5) is 10.5. The Bertz CT molecular complexity index is 3180. The number of aliphatic imine (C=N–C) groups is 2. The minimum absolute atomic E-state index is 0.302. The van der Waals surface area contributed by atoms with Crippen molar-refractivity contribution in [1.82, 2.24) is 5.32 Å². The van der Waals surface area contributed by atoms with E-state index >= 15 is 0 Å². The first-order chi connectivity index (χ1) is 27.2. The molecular weight excluding hydrogens is 671 g/mol. The maximum Gasteiger partial charge on any atom is 0.160 e. The molecule has 4 heteroatoms. The van der Waals surface area contributed by atoms with Crippen molar-refractivity contribution in [2.24, 2.45) is 9.98 Å². The number of amidine groups is 2. The van der Waals surface area contributed by atoms with Crippen molar-refractivity contribution in [3.05, 3.63) is 205 Å². The van der Waals surface area contributed by atoms with Crippen LogP contribution < -0.4 is 5.32 Å². The van der Waals surface area contributed by atoms with Gasteiger partial charge in [-0.2, -0.15) is 0 Å². The molecule has 10 aromatic rings. The number of nitrogens with zero attached hydrogens (tertiary/aromatic N) is 2. The fourth-order valence-corrected chi connectivity index (χ4v) is 8.20. The number of hydrogen-bond donors (Lipinski definition) is 1. The lowest BCUT2D eigenvalue weighted by atomic mass is 9.95. The first-order valence-electron chi connectivity index (χ1n) is 18.7. The Balaban J connectivity index is 1.05. The zero-order valence-corrected chi connectivity index (χ0v) is 29.8. The summed E-state index contributed by atoms with van der Waals surface area (Å²) in [6.07, 6.45) is -0.302. The Hall–Kier alpha value is -7.30. The van der Waals surface area contributed by atoms with E-state index in [1.54, 1.807) is 0 Å². The second kappa shape index (κ2) is 12.7. The maximum absolute atomic E-state index is 6.40. The number of nitrogens with one attached hydrogen (secondary N) is 1. The quantitative estimate of drug-likeness (QED) is 0.181. The molecule has 1 atom stereocenters. The van der Waals surface area contributed by atoms with Crippen molar-refractivity contribution in [3.8, 4) is 22.3 Å². The molecule has 0 saturated carbocycles. The van der Waals surface area contributed by atoms with Crippen LogP contribution in [0.25, 0.3) is 76.5 Å². The molecule has 1 aliphatic rings. The first-order valence-corrected chi connectivity index (χ1v) is 18.7. The number of hydrogen-bond acceptors (Lipinski definition) is 4. The van der Waals surface area contributed by atoms with E-state index in [9.17, 15) is 0 Å². The van der Waals surface area contributed by atoms with E-state index in [2.05, 4.69) is 187 Å². The molecule has 0 bridgehead atoms. The van der Waals surface area contributed by atoms with Gasteiger partial charge in [0.2, 0.25) is 0 Å². The van der Waals surface area contributed by atoms with Crippen molar-refractivity contribution >= 4 is 65.9 Å². The standard InChI is InChI=1S/C51H33N3O/c1-3-12-32(13-4-1)35-26-27-46-45(30-35)48-41(20-11-21-47(48)55-46)37-24-22-33-23-25-38(29-39(33)28-37)50-52-49(34-14-5-2-6-15-34)53-51(54-50)44-31-36-16-7-8-17-40(36)42-18-9-10-19-43(42)44/h1-31,49H,(H,52,53,54). The molecule has 1 unspecified atom stereocenters. The molecule has 258 valence electrons. The number of benzene rings is 9. The highest BCUT2D eigenvalue weighted by molar-refractivity contribution is 6.22. The fourth-order valence-electron chi connectivity index (χ4n) is 8.20. The lowest BCUT2D eigenvalue weighted by Gasteiger charge is -2.24. The molecular formula is C51H33N3O. The molecule has 11 rings (SSSR count). The van der Waals surface area contributed by atoms with Gasteiger partial charge in [0.1, 0.15) is 23.2 Å². The van der Waals surface area contributed by atoms with Gasteiger partial charge >= 0.3 is 0 Å². The number of rotatable bonds is 5. The van der Waals surface area contributed by atoms with Gasteiger partial charge in [-0.15, -0.1) is 0 Å². The van der Waals surface area contributed by atoms with E-state index < -0.39 is 0 Å². The summed E-state index contributed by atoms with van der Waals surface area (Å²) in [5.74, 6) is 1.51. The zero-order valence-electron chi connectivity index (χ0n) is 29.8. The van der Waals surface area contributed by atoms with Gasteiger partial charge in [-0.1, -0.05) is 152 Å². The molecule has 1 aliphatic heterocycles. The molecule has 0 aliphatic carbocycles. The van der Waals surface area contributed by atoms with E-state index in [0.29, 0.717) is 5.84 Å². The van der Waals surface area contributed by atoms with Crippen LogP contribution in [0.15, 0.2) is 202 Å². The summed E-state index contributed by atoms with van der Waals surface area (Å²) in [5, 5.41) is 12.9. The van der Waals surface area contributed by atoms with Crippen molar-refractivity contribution in [3.63, 3.8) is 0 Å². The van der Waals surface area contributed by atoms with Gasteiger partial charge in [0, 0.05) is 21.9 Å². The van der Waals surface area contributed by atoms with E-state index in [0.717, 1.165) is 71.8 Å². The van der Waals surface area contributed by atoms with Crippen LogP contribution in [0.3, 0.4) is 0 Å². The van der Waals surface area contributed by atoms with Crippen LogP contribution >= 0.6 is 0 Å². The monoisotopic (exact) mass is 703 g/mol. The molecule has 2 heterocycles. The highest BCUT2D eigenvalue weighted by Gasteiger charge is 2.23. The summed E-state index contributed by atoms with van der Waals surface area (Å²) in [7, 11) is 0. The summed E-state index contributed by atoms with van der Waals surface area (Å²) >= 11 is 0. The lowest BCUT2D eigenvalue weighted by molar-refractivity contribution is 0.669. The molecule has 0 radical (unpaired) electrons. The third-order valence-corrected chi connectivity index (χ3v) is 10.9. The Morgan fingerprint density at radius 1 is 0.418 bits per heavy atom. The van der Waals surface area contributed by atoms with E-state index in [1.165, 1.54) is 27.3 Å². The third-order valence-electron chi connectivity index (χ3n) is 10.9. The molecule has 55 heavy (non-hydrogen) atoms. The van der Waals surface area contributed by atoms with Crippen LogP contribution in [0.1, 0.15) is 22.9 Å². The summed E-state index contributed by atoms with van der Waals surface area (Å²) in [6.45, 7) is 0. The maximum atomic E-state index is 6.40. The molecule has 0 amide bonds. The van der Waals surface area contributed by atoms with E-state index in [-0.39, 0.29) is 6.17 Å². The van der Waals surface area contributed by atoms with Crippen molar-refractivity contribution < 1.29 is 4.42 Å². The number of fused-ring (bicyclic) bond motifs is 7. The molecule has 0 fully saturated rings. The minimum Gasteiger partial charge on any atom is -0.456 e. The van der Waals surface area contributed by atoms with E-state index in [4.69, 9.17) is 14.4 Å². The molecule has 9 aromatic carbocycles. The van der Waals surface area contributed by atoms with Crippen molar-refractivity contribution in [1.29, 1.82) is 0 Å². The van der Waals surface area contributed by atoms with Crippen LogP contribution in [-0.2, 0) is 0 Å². The van der Waals surface area contributed by atoms with Crippen LogP contribution in [0, 0.1) is 0 Å². The van der Waals surface area contributed by atoms with Gasteiger partial charge in [-0.25, -0.2) is 9.98 Å². The zero-order chi connectivity index (χ0) is 36.3. The van der Waals surface area contributed by atoms with Crippen LogP contribution in [-0.4, -0.2) is 11.7 Å². The van der Waals surface area contributed by atoms with Gasteiger partial charge in [-0.05, 0) is 96.5 Å². The highest BCUT2D eigenvalue weighted by atomic mass is 16.3. The first kappa shape index (κ1) is 31.2. The average molecular weight is 704 g/mol. The highest BCUT2D eigenvalue weighted by Crippen LogP contribution is 2.39. The largest absolute Gasteiger partial charge is 0.456 e. The van der Waals surface area contributed by atoms with Gasteiger partial charge in [0.05, 0.1) is 0 Å². The van der Waals surface area contributed by atoms with Gasteiger partial charge in [-0.3, -0.25) is 0 Å². The van der Waals surface area contributed by atoms with Crippen LogP contribution in [0.5, 0.6) is 0 Å². The Morgan fingerprint density at radius 2 is 1.13 bits per heavy atom. The topological polar surface area (TPSA) is 49.9 Å². The molecule has 4 nitrogen and oxygen atoms in total. The Morgan fingerprint density at radius 3 is 1.98 bits per heavy atom. The van der Waals surface area contributed by atoms with Crippen LogP contribution in [0.4, 0.5) is 0 Å². The Labute approximate surface area is 317 Å². The normalized spacial score (nSPS) is 14.4. The van der Waals surface area contributed by atoms with Gasteiger partial charge < -0.3 is 9.73 Å². The van der Waals surface area contributed by atoms with Crippen molar-refractivity contribution in [2.45, 2.75) is 6.17 Å².